The molecule has 0 fully saturated rings. The normalized spacial score (nSPS) is 10.9. The third-order valence-electron chi connectivity index (χ3n) is 2.97. The highest BCUT2D eigenvalue weighted by Gasteiger charge is 2.15. The first kappa shape index (κ1) is 16.3. The lowest BCUT2D eigenvalue weighted by Crippen LogP contribution is -2.06. The minimum atomic E-state index is -0.752. The number of carbonyl (C=O) groups is 2. The topological polar surface area (TPSA) is 103 Å². The third-order valence-corrected chi connectivity index (χ3v) is 2.97. The number of ether oxygens (including phenoxy) is 2. The van der Waals surface area contributed by atoms with Gasteiger partial charge in [0.1, 0.15) is 16.9 Å². The predicted molar refractivity (Wildman–Crippen MR) is 81.2 cm³/mol. The zero-order valence-corrected chi connectivity index (χ0v) is 12.5. The molecule has 1 N–H and O–H groups in total. The van der Waals surface area contributed by atoms with Crippen molar-refractivity contribution in [1.82, 2.24) is 0 Å². The molecule has 7 heteroatoms. The Hall–Kier alpha value is -3.09. The monoisotopic (exact) mass is 318 g/mol. The van der Waals surface area contributed by atoms with E-state index in [9.17, 15) is 19.5 Å². The van der Waals surface area contributed by atoms with Crippen molar-refractivity contribution in [2.75, 3.05) is 13.7 Å². The van der Waals surface area contributed by atoms with E-state index in [0.29, 0.717) is 5.39 Å². The average molecular weight is 318 g/mol. The van der Waals surface area contributed by atoms with Crippen LogP contribution in [0, 0.1) is 0 Å². The van der Waals surface area contributed by atoms with Crippen LogP contribution in [0.15, 0.2) is 33.5 Å². The maximum absolute atomic E-state index is 11.9. The zero-order chi connectivity index (χ0) is 17.0. The second-order valence-corrected chi connectivity index (χ2v) is 4.47. The van der Waals surface area contributed by atoms with Gasteiger partial charge in [0.2, 0.25) is 0 Å². The number of hydrogen-bond acceptors (Lipinski definition) is 7. The van der Waals surface area contributed by atoms with Crippen molar-refractivity contribution >= 4 is 29.0 Å². The number of methoxy groups -OCH3 is 1. The highest BCUT2D eigenvalue weighted by atomic mass is 16.5. The molecule has 0 aliphatic heterocycles. The van der Waals surface area contributed by atoms with Crippen LogP contribution in [0.2, 0.25) is 0 Å². The predicted octanol–water partition coefficient (Wildman–Crippen LogP) is 1.86. The molecule has 1 aromatic carbocycles. The van der Waals surface area contributed by atoms with Crippen molar-refractivity contribution in [2.24, 2.45) is 0 Å². The van der Waals surface area contributed by atoms with Crippen molar-refractivity contribution in [1.29, 1.82) is 0 Å². The van der Waals surface area contributed by atoms with E-state index in [4.69, 9.17) is 9.15 Å². The van der Waals surface area contributed by atoms with Crippen LogP contribution in [0.5, 0.6) is 5.75 Å². The van der Waals surface area contributed by atoms with Crippen LogP contribution in [0.1, 0.15) is 22.8 Å². The minimum Gasteiger partial charge on any atom is -0.507 e. The number of phenols is 1. The van der Waals surface area contributed by atoms with E-state index in [1.54, 1.807) is 6.92 Å². The number of benzene rings is 1. The molecule has 0 amide bonds. The van der Waals surface area contributed by atoms with Gasteiger partial charge in [0.25, 0.3) is 0 Å². The maximum atomic E-state index is 11.9. The van der Waals surface area contributed by atoms with E-state index in [-0.39, 0.29) is 29.1 Å². The largest absolute Gasteiger partial charge is 0.507 e. The molecule has 0 unspecified atom stereocenters. The van der Waals surface area contributed by atoms with Crippen LogP contribution in [0.25, 0.3) is 17.0 Å². The van der Waals surface area contributed by atoms with Crippen LogP contribution >= 0.6 is 0 Å². The highest BCUT2D eigenvalue weighted by Crippen LogP contribution is 2.25. The number of aromatic hydroxyl groups is 1. The molecule has 2 aromatic rings. The fourth-order valence-corrected chi connectivity index (χ4v) is 1.91. The number of fused-ring (bicyclic) bond motifs is 1. The summed E-state index contributed by atoms with van der Waals surface area (Å²) in [6.45, 7) is 1.89. The van der Waals surface area contributed by atoms with E-state index in [0.717, 1.165) is 6.08 Å². The van der Waals surface area contributed by atoms with Gasteiger partial charge in [-0.1, -0.05) is 0 Å². The fraction of sp³-hybridized carbons (Fsp3) is 0.188. The summed E-state index contributed by atoms with van der Waals surface area (Å²) in [5.41, 5.74) is -0.588. The first-order valence-electron chi connectivity index (χ1n) is 6.70. The quantitative estimate of drug-likeness (QED) is 0.521. The number of rotatable bonds is 4. The first-order chi connectivity index (χ1) is 11.0. The molecule has 0 saturated carbocycles. The third kappa shape index (κ3) is 3.57. The van der Waals surface area contributed by atoms with Crippen molar-refractivity contribution < 1.29 is 28.6 Å². The SMILES string of the molecule is CCOC(=O)/C=C/c1cc2cc(O)c(C(=O)OC)cc2oc1=O. The minimum absolute atomic E-state index is 0.107. The van der Waals surface area contributed by atoms with Gasteiger partial charge >= 0.3 is 17.6 Å². The van der Waals surface area contributed by atoms with Gasteiger partial charge in [-0.15, -0.1) is 0 Å². The molecule has 0 radical (unpaired) electrons. The molecular formula is C16H14O7. The number of phenolic OH excluding ortho intramolecular Hbond substituents is 1. The Morgan fingerprint density at radius 1 is 1.30 bits per heavy atom. The van der Waals surface area contributed by atoms with E-state index < -0.39 is 17.6 Å². The standard InChI is InChI=1S/C16H14O7/c1-3-22-14(18)5-4-9-6-10-7-12(17)11(16(20)21-2)8-13(10)23-15(9)19/h4-8,17H,3H2,1-2H3/b5-4+. The van der Waals surface area contributed by atoms with Gasteiger partial charge in [-0.05, 0) is 31.2 Å². The van der Waals surface area contributed by atoms with Crippen LogP contribution in [0.4, 0.5) is 0 Å². The van der Waals surface area contributed by atoms with E-state index in [1.807, 2.05) is 0 Å². The lowest BCUT2D eigenvalue weighted by molar-refractivity contribution is -0.137. The van der Waals surface area contributed by atoms with E-state index in [1.165, 1.54) is 31.4 Å². The lowest BCUT2D eigenvalue weighted by atomic mass is 10.1. The molecule has 120 valence electrons. The van der Waals surface area contributed by atoms with Crippen LogP contribution in [-0.2, 0) is 14.3 Å². The highest BCUT2D eigenvalue weighted by molar-refractivity contribution is 5.97. The molecule has 0 spiro atoms. The van der Waals surface area contributed by atoms with Gasteiger partial charge in [0.05, 0.1) is 19.3 Å². The van der Waals surface area contributed by atoms with E-state index in [2.05, 4.69) is 4.74 Å². The second-order valence-electron chi connectivity index (χ2n) is 4.47. The maximum Gasteiger partial charge on any atom is 0.343 e. The number of hydrogen-bond donors (Lipinski definition) is 1. The molecule has 1 heterocycles. The van der Waals surface area contributed by atoms with Gasteiger partial charge < -0.3 is 19.0 Å². The Labute approximate surface area is 130 Å². The van der Waals surface area contributed by atoms with Crippen molar-refractivity contribution in [2.45, 2.75) is 6.92 Å². The average Bonchev–Trinajstić information content (AvgIpc) is 2.52. The lowest BCUT2D eigenvalue weighted by Gasteiger charge is -2.05. The molecule has 0 saturated heterocycles. The molecular weight excluding hydrogens is 304 g/mol. The van der Waals surface area contributed by atoms with Crippen LogP contribution in [0.3, 0.4) is 0 Å². The molecule has 0 aliphatic carbocycles. The Bertz CT molecular complexity index is 845. The summed E-state index contributed by atoms with van der Waals surface area (Å²) in [5.74, 6) is -1.65. The van der Waals surface area contributed by atoms with Gasteiger partial charge in [-0.2, -0.15) is 0 Å². The smallest absolute Gasteiger partial charge is 0.343 e. The van der Waals surface area contributed by atoms with Gasteiger partial charge in [-0.25, -0.2) is 14.4 Å². The summed E-state index contributed by atoms with van der Waals surface area (Å²) >= 11 is 0. The molecule has 0 atom stereocenters. The number of carbonyl (C=O) groups excluding carboxylic acids is 2. The molecule has 7 nitrogen and oxygen atoms in total. The Balaban J connectivity index is 2.48. The Morgan fingerprint density at radius 3 is 2.70 bits per heavy atom. The Kier molecular flexibility index (Phi) is 4.80. The second kappa shape index (κ2) is 6.78. The molecule has 0 aliphatic rings. The van der Waals surface area contributed by atoms with Crippen molar-refractivity contribution in [3.8, 4) is 5.75 Å². The zero-order valence-electron chi connectivity index (χ0n) is 12.5. The summed E-state index contributed by atoms with van der Waals surface area (Å²) in [6, 6.07) is 3.92. The number of esters is 2. The fourth-order valence-electron chi connectivity index (χ4n) is 1.91. The van der Waals surface area contributed by atoms with Crippen molar-refractivity contribution in [3.05, 3.63) is 45.8 Å². The van der Waals surface area contributed by atoms with Crippen molar-refractivity contribution in [3.63, 3.8) is 0 Å². The van der Waals surface area contributed by atoms with Gasteiger partial charge in [0.15, 0.2) is 0 Å². The summed E-state index contributed by atoms with van der Waals surface area (Å²) in [4.78, 5) is 34.7. The van der Waals surface area contributed by atoms with Crippen LogP contribution < -0.4 is 5.63 Å². The summed E-state index contributed by atoms with van der Waals surface area (Å²) in [7, 11) is 1.17. The molecule has 23 heavy (non-hydrogen) atoms. The summed E-state index contributed by atoms with van der Waals surface area (Å²) < 4.78 is 14.3. The molecule has 1 aromatic heterocycles. The van der Waals surface area contributed by atoms with Crippen LogP contribution in [-0.4, -0.2) is 30.8 Å². The van der Waals surface area contributed by atoms with Gasteiger partial charge in [0, 0.05) is 11.5 Å². The first-order valence-corrected chi connectivity index (χ1v) is 6.70. The molecule has 2 rings (SSSR count). The van der Waals surface area contributed by atoms with Gasteiger partial charge in [-0.3, -0.25) is 0 Å². The summed E-state index contributed by atoms with van der Waals surface area (Å²) in [5, 5.41) is 10.2. The summed E-state index contributed by atoms with van der Waals surface area (Å²) in [6.07, 6.45) is 2.36. The Morgan fingerprint density at radius 2 is 2.04 bits per heavy atom. The van der Waals surface area contributed by atoms with E-state index >= 15 is 0 Å². The molecule has 0 bridgehead atoms.